The van der Waals surface area contributed by atoms with Crippen LogP contribution in [0, 0.1) is 0 Å². The van der Waals surface area contributed by atoms with E-state index in [1.54, 1.807) is 25.3 Å². The summed E-state index contributed by atoms with van der Waals surface area (Å²) in [6.07, 6.45) is -7.06. The number of anilines is 2. The highest BCUT2D eigenvalue weighted by molar-refractivity contribution is 6.08. The molecule has 6 aromatic rings. The molecule has 5 amide bonds. The fourth-order valence-electron chi connectivity index (χ4n) is 13.8. The van der Waals surface area contributed by atoms with E-state index in [0.29, 0.717) is 179 Å². The summed E-state index contributed by atoms with van der Waals surface area (Å²) < 4.78 is 119. The molecule has 716 valence electrons. The zero-order valence-electron chi connectivity index (χ0n) is 75.1. The molecule has 0 radical (unpaired) electrons. The SMILES string of the molecule is CCCCc1nc2c(N)nc3cc(C(=O)OC)ccc3c2n1CCNC(=O)OCc1ccc(O[C@H]2O[C@H](COC(C)=O)[C@@H](OC(C)=O)[C@H](OC(C)=O)[C@@H]2OC(C)=O)c(NC(=O)CCNC(=O)[C@H](CCCCNC(=O)CCOCCOCCOCCOCCOCCOCCOCCOCCOCCOCCOCCOC)NC(=O)OCC2c3ccccc3-c3ccccc32)c1. The number of imidazole rings is 1. The summed E-state index contributed by atoms with van der Waals surface area (Å²) in [6, 6.07) is 23.6. The number of nitrogens with one attached hydrogen (secondary N) is 5. The summed E-state index contributed by atoms with van der Waals surface area (Å²) in [7, 11) is 2.90. The minimum Gasteiger partial charge on any atom is -0.465 e. The number of pyridine rings is 1. The zero-order chi connectivity index (χ0) is 93.0. The predicted molar refractivity (Wildman–Crippen MR) is 467 cm³/mol. The lowest BCUT2D eigenvalue weighted by Gasteiger charge is -2.44. The van der Waals surface area contributed by atoms with Crippen LogP contribution in [0.15, 0.2) is 84.9 Å². The summed E-state index contributed by atoms with van der Waals surface area (Å²) in [4.78, 5) is 141. The van der Waals surface area contributed by atoms with Gasteiger partial charge in [0.05, 0.1) is 181 Å². The number of nitrogen functional groups attached to an aromatic ring is 1. The van der Waals surface area contributed by atoms with Crippen LogP contribution in [0.1, 0.15) is 118 Å². The molecule has 4 aromatic carbocycles. The highest BCUT2D eigenvalue weighted by Gasteiger charge is 2.54. The van der Waals surface area contributed by atoms with Crippen LogP contribution in [0.25, 0.3) is 33.1 Å². The number of ether oxygens (including phenoxy) is 21. The van der Waals surface area contributed by atoms with E-state index in [9.17, 15) is 47.9 Å². The second-order valence-corrected chi connectivity index (χ2v) is 29.7. The third kappa shape index (κ3) is 36.8. The molecule has 2 aromatic heterocycles. The Morgan fingerprint density at radius 3 is 1.60 bits per heavy atom. The Morgan fingerprint density at radius 2 is 1.05 bits per heavy atom. The van der Waals surface area contributed by atoms with Crippen molar-refractivity contribution in [3.05, 3.63) is 113 Å². The van der Waals surface area contributed by atoms with Gasteiger partial charge in [-0.1, -0.05) is 67.9 Å². The van der Waals surface area contributed by atoms with Crippen molar-refractivity contribution < 1.29 is 147 Å². The molecule has 130 heavy (non-hydrogen) atoms. The first-order valence-electron chi connectivity index (χ1n) is 43.6. The maximum Gasteiger partial charge on any atom is 0.407 e. The summed E-state index contributed by atoms with van der Waals surface area (Å²) in [5.74, 6) is -5.29. The second-order valence-electron chi connectivity index (χ2n) is 29.7. The molecule has 40 nitrogen and oxygen atoms in total. The van der Waals surface area contributed by atoms with Crippen molar-refractivity contribution in [2.75, 3.05) is 210 Å². The van der Waals surface area contributed by atoms with Gasteiger partial charge in [-0.15, -0.1) is 0 Å². The number of nitrogens with zero attached hydrogens (tertiary/aromatic N) is 3. The molecule has 7 N–H and O–H groups in total. The van der Waals surface area contributed by atoms with Gasteiger partial charge in [-0.2, -0.15) is 0 Å². The topological polar surface area (TPSA) is 481 Å². The van der Waals surface area contributed by atoms with Gasteiger partial charge in [0, 0.05) is 91.6 Å². The van der Waals surface area contributed by atoms with Gasteiger partial charge in [0.15, 0.2) is 18.0 Å². The molecule has 1 aliphatic heterocycles. The molecule has 0 unspecified atom stereocenters. The van der Waals surface area contributed by atoms with Crippen LogP contribution < -0.4 is 37.1 Å². The molecule has 3 heterocycles. The smallest absolute Gasteiger partial charge is 0.407 e. The molecule has 8 rings (SSSR count). The van der Waals surface area contributed by atoms with E-state index in [1.807, 2.05) is 60.0 Å². The standard InChI is InChI=1S/C90H125N9O31/c1-8-9-21-77-98-80-81(70-24-23-65(87(107)111-7)56-73(70)96-85(80)91)99(77)31-30-94-89(108)124-57-64-22-25-75(129-88-84(128-63(5)103)83(127-62(4)102)82(126-61(3)101)76(130-88)59-123-60(2)100)74(55-64)95-79(105)26-29-93-86(106)72(97-90(109)125-58-71-68-18-12-10-16-66(68)67-17-11-13-19-69(67)71)20-14-15-28-92-78(104)27-32-112-35-36-114-39-40-116-43-44-118-47-48-120-51-52-122-54-53-121-50-49-119-46-45-117-42-41-115-38-37-113-34-33-110-6/h10-13,16-19,22-25,55-56,71-72,76,82-84,88H,8-9,14-15,20-21,26-54,57-59H2,1-7H3,(H2,91,96)(H,92,104)(H,93,106)(H,94,108)(H,95,105)(H,97,109)/t72-,76+,82+,83-,84-,88-/m0/s1. The fraction of sp³-hybridized carbons (Fsp3) is 0.578. The first-order valence-corrected chi connectivity index (χ1v) is 43.6. The van der Waals surface area contributed by atoms with Crippen LogP contribution in [-0.4, -0.2) is 310 Å². The number of aromatic nitrogens is 3. The summed E-state index contributed by atoms with van der Waals surface area (Å²) >= 11 is 0. The molecule has 1 fully saturated rings. The Labute approximate surface area is 755 Å². The van der Waals surface area contributed by atoms with Crippen LogP contribution in [-0.2, 0) is 148 Å². The lowest BCUT2D eigenvalue weighted by atomic mass is 9.98. The molecule has 0 bridgehead atoms. The van der Waals surface area contributed by atoms with E-state index in [-0.39, 0.29) is 106 Å². The number of carbonyl (C=O) groups excluding carboxylic acids is 10. The molecule has 0 spiro atoms. The average molecular weight is 1830 g/mol. The van der Waals surface area contributed by atoms with Crippen LogP contribution >= 0.6 is 0 Å². The van der Waals surface area contributed by atoms with E-state index in [0.717, 1.165) is 62.8 Å². The van der Waals surface area contributed by atoms with Crippen molar-refractivity contribution in [3.8, 4) is 16.9 Å². The van der Waals surface area contributed by atoms with E-state index >= 15 is 0 Å². The molecule has 2 aliphatic rings. The number of fused-ring (bicyclic) bond motifs is 6. The maximum absolute atomic E-state index is 14.3. The van der Waals surface area contributed by atoms with Gasteiger partial charge in [0.2, 0.25) is 30.1 Å². The van der Waals surface area contributed by atoms with Crippen LogP contribution in [0.3, 0.4) is 0 Å². The minimum absolute atomic E-state index is 0.0371. The van der Waals surface area contributed by atoms with Crippen molar-refractivity contribution >= 4 is 93.2 Å². The van der Waals surface area contributed by atoms with Crippen LogP contribution in [0.4, 0.5) is 21.1 Å². The van der Waals surface area contributed by atoms with Gasteiger partial charge in [-0.05, 0) is 83.8 Å². The van der Waals surface area contributed by atoms with Gasteiger partial charge in [-0.25, -0.2) is 24.4 Å². The predicted octanol–water partition coefficient (Wildman–Crippen LogP) is 6.54. The average Bonchev–Trinajstić information content (AvgIpc) is 1.69. The molecule has 40 heteroatoms. The van der Waals surface area contributed by atoms with Crippen molar-refractivity contribution in [1.82, 2.24) is 35.8 Å². The Bertz CT molecular complexity index is 4470. The first kappa shape index (κ1) is 105. The number of alkyl carbamates (subject to hydrolysis) is 2. The largest absolute Gasteiger partial charge is 0.465 e. The monoisotopic (exact) mass is 1830 g/mol. The summed E-state index contributed by atoms with van der Waals surface area (Å²) in [6.45, 7) is 15.1. The summed E-state index contributed by atoms with van der Waals surface area (Å²) in [5, 5.41) is 14.5. The van der Waals surface area contributed by atoms with Crippen molar-refractivity contribution in [2.45, 2.75) is 142 Å². The van der Waals surface area contributed by atoms with E-state index < -0.39 is 110 Å². The Kier molecular flexibility index (Phi) is 47.8. The molecule has 1 aliphatic carbocycles. The highest BCUT2D eigenvalue weighted by atomic mass is 16.7. The van der Waals surface area contributed by atoms with Crippen LogP contribution in [0.5, 0.6) is 5.75 Å². The van der Waals surface area contributed by atoms with Crippen molar-refractivity contribution in [3.63, 3.8) is 0 Å². The van der Waals surface area contributed by atoms with Crippen molar-refractivity contribution in [1.29, 1.82) is 0 Å². The van der Waals surface area contributed by atoms with Crippen molar-refractivity contribution in [2.24, 2.45) is 0 Å². The zero-order valence-corrected chi connectivity index (χ0v) is 75.1. The Morgan fingerprint density at radius 1 is 0.508 bits per heavy atom. The number of benzene rings is 4. The maximum atomic E-state index is 14.3. The number of amides is 5. The van der Waals surface area contributed by atoms with Gasteiger partial charge in [0.1, 0.15) is 49.1 Å². The number of esters is 5. The van der Waals surface area contributed by atoms with E-state index in [2.05, 4.69) is 31.6 Å². The van der Waals surface area contributed by atoms with Gasteiger partial charge in [0.25, 0.3) is 0 Å². The lowest BCUT2D eigenvalue weighted by Crippen LogP contribution is -2.63. The van der Waals surface area contributed by atoms with Gasteiger partial charge >= 0.3 is 42.0 Å². The Balaban J connectivity index is 0.796. The van der Waals surface area contributed by atoms with Crippen LogP contribution in [0.2, 0.25) is 0 Å². The summed E-state index contributed by atoms with van der Waals surface area (Å²) in [5.41, 5.74) is 12.4. The third-order valence-corrected chi connectivity index (χ3v) is 19.9. The number of rotatable bonds is 65. The number of carbonyl (C=O) groups is 10. The molecule has 1 saturated heterocycles. The quantitative estimate of drug-likeness (QED) is 0.0134. The number of nitrogens with two attached hydrogens (primary N) is 1. The second kappa shape index (κ2) is 59.4. The number of hydrogen-bond acceptors (Lipinski definition) is 34. The normalized spacial score (nSPS) is 15.4. The minimum atomic E-state index is -1.76. The number of hydrogen-bond donors (Lipinski definition) is 6. The number of aryl methyl sites for hydroxylation is 1. The van der Waals surface area contributed by atoms with Gasteiger partial charge < -0.3 is 136 Å². The lowest BCUT2D eigenvalue weighted by molar-refractivity contribution is -0.288. The molecule has 6 atom stereocenters. The number of unbranched alkanes of at least 4 members (excludes halogenated alkanes) is 2. The molecule has 0 saturated carbocycles. The van der Waals surface area contributed by atoms with E-state index in [1.165, 1.54) is 25.3 Å². The van der Waals surface area contributed by atoms with Gasteiger partial charge in [-0.3, -0.25) is 33.6 Å². The fourth-order valence-corrected chi connectivity index (χ4v) is 13.8. The highest BCUT2D eigenvalue weighted by Crippen LogP contribution is 2.45. The van der Waals surface area contributed by atoms with E-state index in [4.69, 9.17) is 110 Å². The first-order chi connectivity index (χ1) is 63.2. The molecular formula is C90H125N9O31. The Hall–Kier alpha value is -10.9. The number of methoxy groups -OCH3 is 2. The third-order valence-electron chi connectivity index (χ3n) is 19.9. The molecular weight excluding hydrogens is 1700 g/mol.